The van der Waals surface area contributed by atoms with Gasteiger partial charge in [-0.05, 0) is 37.1 Å². The van der Waals surface area contributed by atoms with Gasteiger partial charge < -0.3 is 14.6 Å². The molecule has 5 nitrogen and oxygen atoms in total. The average Bonchev–Trinajstić information content (AvgIpc) is 3.03. The lowest BCUT2D eigenvalue weighted by Gasteiger charge is -2.31. The number of carboxylic acid groups (broad SMARTS) is 1. The zero-order chi connectivity index (χ0) is 19.0. The van der Waals surface area contributed by atoms with E-state index in [0.29, 0.717) is 36.5 Å². The maximum absolute atomic E-state index is 14.4. The number of hydrogen-bond donors (Lipinski definition) is 1. The highest BCUT2D eigenvalue weighted by Gasteiger charge is 2.27. The molecule has 0 aliphatic carbocycles. The summed E-state index contributed by atoms with van der Waals surface area (Å²) in [4.78, 5) is 18.0. The third-order valence-electron chi connectivity index (χ3n) is 5.14. The molecular formula is C20H19ClFN3O2. The third kappa shape index (κ3) is 3.37. The van der Waals surface area contributed by atoms with Crippen LogP contribution in [0, 0.1) is 11.7 Å². The number of para-hydroxylation sites is 2. The molecule has 4 rings (SSSR count). The molecule has 2 heterocycles. The summed E-state index contributed by atoms with van der Waals surface area (Å²) in [6.07, 6.45) is 1.14. The van der Waals surface area contributed by atoms with Gasteiger partial charge in [0.15, 0.2) is 0 Å². The van der Waals surface area contributed by atoms with Gasteiger partial charge in [-0.15, -0.1) is 0 Å². The SMILES string of the molecule is O=C(O)C1CCN(c2nc3ccccc3n2Cc2c(F)cccc2Cl)CC1. The fourth-order valence-corrected chi connectivity index (χ4v) is 3.85. The molecule has 7 heteroatoms. The van der Waals surface area contributed by atoms with Crippen molar-refractivity contribution in [2.24, 2.45) is 5.92 Å². The summed E-state index contributed by atoms with van der Waals surface area (Å²) in [6, 6.07) is 12.4. The Morgan fingerprint density at radius 2 is 1.93 bits per heavy atom. The quantitative estimate of drug-likeness (QED) is 0.729. The number of fused-ring (bicyclic) bond motifs is 1. The van der Waals surface area contributed by atoms with E-state index in [0.717, 1.165) is 17.0 Å². The smallest absolute Gasteiger partial charge is 0.306 e. The van der Waals surface area contributed by atoms with Crippen molar-refractivity contribution in [3.63, 3.8) is 0 Å². The lowest BCUT2D eigenvalue weighted by molar-refractivity contribution is -0.142. The number of rotatable bonds is 4. The van der Waals surface area contributed by atoms with Gasteiger partial charge in [0.1, 0.15) is 5.82 Å². The number of aromatic nitrogens is 2. The highest BCUT2D eigenvalue weighted by Crippen LogP contribution is 2.30. The molecule has 27 heavy (non-hydrogen) atoms. The van der Waals surface area contributed by atoms with Gasteiger partial charge in [-0.25, -0.2) is 9.37 Å². The molecular weight excluding hydrogens is 369 g/mol. The Hall–Kier alpha value is -2.60. The summed E-state index contributed by atoms with van der Waals surface area (Å²) in [5.41, 5.74) is 2.14. The summed E-state index contributed by atoms with van der Waals surface area (Å²) in [6.45, 7) is 1.47. The number of imidazole rings is 1. The van der Waals surface area contributed by atoms with E-state index in [1.165, 1.54) is 6.07 Å². The minimum absolute atomic E-state index is 0.264. The summed E-state index contributed by atoms with van der Waals surface area (Å²) < 4.78 is 16.3. The van der Waals surface area contributed by atoms with Crippen LogP contribution in [-0.2, 0) is 11.3 Å². The monoisotopic (exact) mass is 387 g/mol. The van der Waals surface area contributed by atoms with Crippen molar-refractivity contribution in [3.8, 4) is 0 Å². The molecule has 0 saturated carbocycles. The van der Waals surface area contributed by atoms with Gasteiger partial charge in [-0.2, -0.15) is 0 Å². The Morgan fingerprint density at radius 1 is 1.19 bits per heavy atom. The lowest BCUT2D eigenvalue weighted by atomic mass is 9.97. The predicted molar refractivity (Wildman–Crippen MR) is 103 cm³/mol. The van der Waals surface area contributed by atoms with Crippen LogP contribution in [0.1, 0.15) is 18.4 Å². The summed E-state index contributed by atoms with van der Waals surface area (Å²) >= 11 is 6.24. The van der Waals surface area contributed by atoms with Gasteiger partial charge >= 0.3 is 5.97 Å². The van der Waals surface area contributed by atoms with E-state index in [1.807, 2.05) is 28.8 Å². The molecule has 2 aromatic carbocycles. The molecule has 1 aliphatic rings. The number of benzene rings is 2. The second-order valence-corrected chi connectivity index (χ2v) is 7.19. The number of hydrogen-bond acceptors (Lipinski definition) is 3. The maximum Gasteiger partial charge on any atom is 0.306 e. The lowest BCUT2D eigenvalue weighted by Crippen LogP contribution is -2.37. The Bertz CT molecular complexity index is 976. The van der Waals surface area contributed by atoms with Crippen LogP contribution in [0.15, 0.2) is 42.5 Å². The molecule has 1 aromatic heterocycles. The number of halogens is 2. The van der Waals surface area contributed by atoms with Crippen molar-refractivity contribution < 1.29 is 14.3 Å². The minimum Gasteiger partial charge on any atom is -0.481 e. The Balaban J connectivity index is 1.73. The Labute approximate surface area is 161 Å². The van der Waals surface area contributed by atoms with Crippen LogP contribution in [-0.4, -0.2) is 33.7 Å². The fourth-order valence-electron chi connectivity index (χ4n) is 3.63. The van der Waals surface area contributed by atoms with Crippen LogP contribution < -0.4 is 4.90 Å². The zero-order valence-corrected chi connectivity index (χ0v) is 15.4. The molecule has 1 aliphatic heterocycles. The first-order chi connectivity index (χ1) is 13.0. The molecule has 0 atom stereocenters. The van der Waals surface area contributed by atoms with E-state index in [-0.39, 0.29) is 18.3 Å². The second kappa shape index (κ2) is 7.19. The number of nitrogens with zero attached hydrogens (tertiary/aromatic N) is 3. The molecule has 0 spiro atoms. The number of piperidine rings is 1. The van der Waals surface area contributed by atoms with Crippen molar-refractivity contribution in [2.45, 2.75) is 19.4 Å². The normalized spacial score (nSPS) is 15.4. The molecule has 0 amide bonds. The largest absolute Gasteiger partial charge is 0.481 e. The van der Waals surface area contributed by atoms with Crippen LogP contribution >= 0.6 is 11.6 Å². The summed E-state index contributed by atoms with van der Waals surface area (Å²) in [7, 11) is 0. The first-order valence-corrected chi connectivity index (χ1v) is 9.28. The van der Waals surface area contributed by atoms with Gasteiger partial charge in [-0.3, -0.25) is 4.79 Å². The van der Waals surface area contributed by atoms with Crippen LogP contribution in [0.3, 0.4) is 0 Å². The molecule has 0 radical (unpaired) electrons. The standard InChI is InChI=1S/C20H19ClFN3O2/c21-15-4-3-5-16(22)14(15)12-25-18-7-2-1-6-17(18)23-20(25)24-10-8-13(9-11-24)19(26)27/h1-7,13H,8-12H2,(H,26,27). The first-order valence-electron chi connectivity index (χ1n) is 8.90. The van der Waals surface area contributed by atoms with Gasteiger partial charge in [0, 0.05) is 23.7 Å². The fraction of sp³-hybridized carbons (Fsp3) is 0.300. The van der Waals surface area contributed by atoms with Crippen molar-refractivity contribution in [2.75, 3.05) is 18.0 Å². The molecule has 1 fully saturated rings. The van der Waals surface area contributed by atoms with Crippen LogP contribution in [0.4, 0.5) is 10.3 Å². The third-order valence-corrected chi connectivity index (χ3v) is 5.49. The van der Waals surface area contributed by atoms with Crippen LogP contribution in [0.2, 0.25) is 5.02 Å². The Kier molecular flexibility index (Phi) is 4.74. The van der Waals surface area contributed by atoms with E-state index >= 15 is 0 Å². The van der Waals surface area contributed by atoms with E-state index in [4.69, 9.17) is 16.6 Å². The van der Waals surface area contributed by atoms with Gasteiger partial charge in [0.2, 0.25) is 5.95 Å². The number of aliphatic carboxylic acids is 1. The number of anilines is 1. The molecule has 140 valence electrons. The molecule has 1 N–H and O–H groups in total. The molecule has 0 bridgehead atoms. The van der Waals surface area contributed by atoms with E-state index < -0.39 is 5.97 Å². The Morgan fingerprint density at radius 3 is 2.63 bits per heavy atom. The van der Waals surface area contributed by atoms with E-state index in [9.17, 15) is 14.3 Å². The first kappa shape index (κ1) is 17.8. The molecule has 1 saturated heterocycles. The van der Waals surface area contributed by atoms with Crippen molar-refractivity contribution >= 4 is 34.6 Å². The topological polar surface area (TPSA) is 58.4 Å². The molecule has 0 unspecified atom stereocenters. The van der Waals surface area contributed by atoms with Gasteiger partial charge in [0.25, 0.3) is 0 Å². The summed E-state index contributed by atoms with van der Waals surface area (Å²) in [5, 5.41) is 9.60. The highest BCUT2D eigenvalue weighted by molar-refractivity contribution is 6.31. The molecule has 3 aromatic rings. The van der Waals surface area contributed by atoms with E-state index in [1.54, 1.807) is 12.1 Å². The predicted octanol–water partition coefficient (Wildman–Crippen LogP) is 4.18. The van der Waals surface area contributed by atoms with Crippen molar-refractivity contribution in [3.05, 3.63) is 58.9 Å². The highest BCUT2D eigenvalue weighted by atomic mass is 35.5. The van der Waals surface area contributed by atoms with Crippen molar-refractivity contribution in [1.82, 2.24) is 9.55 Å². The van der Waals surface area contributed by atoms with Crippen molar-refractivity contribution in [1.29, 1.82) is 0 Å². The van der Waals surface area contributed by atoms with Gasteiger partial charge in [-0.1, -0.05) is 29.8 Å². The van der Waals surface area contributed by atoms with Gasteiger partial charge in [0.05, 0.1) is 23.5 Å². The zero-order valence-electron chi connectivity index (χ0n) is 14.6. The second-order valence-electron chi connectivity index (χ2n) is 6.79. The number of carbonyl (C=O) groups is 1. The maximum atomic E-state index is 14.4. The minimum atomic E-state index is -0.749. The van der Waals surface area contributed by atoms with Crippen LogP contribution in [0.5, 0.6) is 0 Å². The number of carboxylic acids is 1. The average molecular weight is 388 g/mol. The van der Waals surface area contributed by atoms with Crippen LogP contribution in [0.25, 0.3) is 11.0 Å². The van der Waals surface area contributed by atoms with E-state index in [2.05, 4.69) is 4.90 Å². The summed E-state index contributed by atoms with van der Waals surface area (Å²) in [5.74, 6) is -0.698.